The Balaban J connectivity index is 1.13. The number of hydrogen-bond acceptors (Lipinski definition) is 9. The van der Waals surface area contributed by atoms with Gasteiger partial charge in [0.25, 0.3) is 5.91 Å². The van der Waals surface area contributed by atoms with Crippen LogP contribution in [0.15, 0.2) is 78.2 Å². The number of aliphatic hydroxyl groups excluding tert-OH is 1. The lowest BCUT2D eigenvalue weighted by Crippen LogP contribution is -2.43. The van der Waals surface area contributed by atoms with Crippen molar-refractivity contribution in [2.45, 2.75) is 50.7 Å². The lowest BCUT2D eigenvalue weighted by molar-refractivity contribution is 0.0916. The average Bonchev–Trinajstić information content (AvgIpc) is 3.07. The Kier molecular flexibility index (Phi) is 9.49. The van der Waals surface area contributed by atoms with Crippen LogP contribution >= 0.6 is 0 Å². The van der Waals surface area contributed by atoms with E-state index in [1.807, 2.05) is 42.5 Å². The molecule has 45 heavy (non-hydrogen) atoms. The number of anilines is 2. The molecule has 1 aliphatic heterocycles. The molecule has 4 heterocycles. The highest BCUT2D eigenvalue weighted by Crippen LogP contribution is 2.30. The minimum Gasteiger partial charge on any atom is -0.393 e. The number of carbonyl (C=O) groups is 1. The lowest BCUT2D eigenvalue weighted by atomic mass is 9.96. The van der Waals surface area contributed by atoms with Crippen molar-refractivity contribution in [3.8, 4) is 23.1 Å². The molecule has 3 N–H and O–H groups in total. The SMILES string of the molecule is CN1CCC(NC(=O)c2ccnc(C#Cc3ccc(Nc4ncc(-c5ccccn5)c(N=C5CCC(O)CC5)n4)cc3)c2)CC1. The first kappa shape index (κ1) is 30.1. The molecule has 4 aromatic rings. The van der Waals surface area contributed by atoms with Crippen molar-refractivity contribution in [2.24, 2.45) is 4.99 Å². The normalized spacial score (nSPS) is 17.2. The van der Waals surface area contributed by atoms with E-state index in [1.54, 1.807) is 30.7 Å². The van der Waals surface area contributed by atoms with Gasteiger partial charge in [0, 0.05) is 47.2 Å². The number of aromatic nitrogens is 4. The van der Waals surface area contributed by atoms with Crippen molar-refractivity contribution in [3.05, 3.63) is 90.0 Å². The second-order valence-electron chi connectivity index (χ2n) is 11.5. The van der Waals surface area contributed by atoms with Crippen LogP contribution in [0.1, 0.15) is 60.1 Å². The molecule has 10 heteroatoms. The second kappa shape index (κ2) is 14.2. The van der Waals surface area contributed by atoms with Crippen LogP contribution in [0.5, 0.6) is 0 Å². The van der Waals surface area contributed by atoms with Crippen molar-refractivity contribution in [3.63, 3.8) is 0 Å². The quantitative estimate of drug-likeness (QED) is 0.267. The first-order chi connectivity index (χ1) is 22.0. The van der Waals surface area contributed by atoms with Crippen molar-refractivity contribution in [2.75, 3.05) is 25.5 Å². The first-order valence-corrected chi connectivity index (χ1v) is 15.4. The van der Waals surface area contributed by atoms with Crippen LogP contribution in [0.4, 0.5) is 17.5 Å². The van der Waals surface area contributed by atoms with E-state index in [0.717, 1.165) is 67.0 Å². The molecule has 0 radical (unpaired) electrons. The lowest BCUT2D eigenvalue weighted by Gasteiger charge is -2.29. The number of aliphatic hydroxyl groups is 1. The summed E-state index contributed by atoms with van der Waals surface area (Å²) in [6, 6.07) is 17.0. The summed E-state index contributed by atoms with van der Waals surface area (Å²) in [5.74, 6) is 7.09. The van der Waals surface area contributed by atoms with E-state index in [2.05, 4.69) is 49.4 Å². The number of hydrogen-bond donors (Lipinski definition) is 3. The Morgan fingerprint density at radius 1 is 0.956 bits per heavy atom. The van der Waals surface area contributed by atoms with Gasteiger partial charge in [0.15, 0.2) is 5.82 Å². The molecule has 1 amide bonds. The molecule has 2 aliphatic rings. The third kappa shape index (κ3) is 8.15. The van der Waals surface area contributed by atoms with Crippen molar-refractivity contribution in [1.82, 2.24) is 30.2 Å². The summed E-state index contributed by atoms with van der Waals surface area (Å²) in [4.78, 5) is 38.0. The molecular formula is C35H36N8O2. The van der Waals surface area contributed by atoms with Gasteiger partial charge in [-0.05, 0) is 113 Å². The van der Waals surface area contributed by atoms with E-state index in [9.17, 15) is 9.90 Å². The molecule has 1 saturated heterocycles. The predicted molar refractivity (Wildman–Crippen MR) is 175 cm³/mol. The van der Waals surface area contributed by atoms with Crippen LogP contribution in [0.2, 0.25) is 0 Å². The molecule has 0 unspecified atom stereocenters. The molecule has 0 spiro atoms. The zero-order valence-electron chi connectivity index (χ0n) is 25.3. The second-order valence-corrected chi connectivity index (χ2v) is 11.5. The number of pyridine rings is 2. The average molecular weight is 601 g/mol. The molecule has 3 aromatic heterocycles. The van der Waals surface area contributed by atoms with Gasteiger partial charge >= 0.3 is 0 Å². The Morgan fingerprint density at radius 2 is 1.76 bits per heavy atom. The highest BCUT2D eigenvalue weighted by Gasteiger charge is 2.20. The summed E-state index contributed by atoms with van der Waals surface area (Å²) < 4.78 is 0. The molecule has 0 bridgehead atoms. The first-order valence-electron chi connectivity index (χ1n) is 15.4. The Labute approximate surface area is 263 Å². The molecule has 10 nitrogen and oxygen atoms in total. The maximum atomic E-state index is 12.8. The Morgan fingerprint density at radius 3 is 2.51 bits per heavy atom. The van der Waals surface area contributed by atoms with Gasteiger partial charge in [-0.1, -0.05) is 12.0 Å². The largest absolute Gasteiger partial charge is 0.393 e. The number of rotatable bonds is 6. The topological polar surface area (TPSA) is 129 Å². The number of piperidine rings is 1. The fourth-order valence-electron chi connectivity index (χ4n) is 5.38. The summed E-state index contributed by atoms with van der Waals surface area (Å²) >= 11 is 0. The van der Waals surface area contributed by atoms with Crippen molar-refractivity contribution in [1.29, 1.82) is 0 Å². The molecule has 1 aromatic carbocycles. The molecule has 1 saturated carbocycles. The van der Waals surface area contributed by atoms with Gasteiger partial charge in [0.2, 0.25) is 5.95 Å². The number of aliphatic imine (C=N–C) groups is 1. The van der Waals surface area contributed by atoms with E-state index in [4.69, 9.17) is 9.98 Å². The van der Waals surface area contributed by atoms with Gasteiger partial charge in [-0.2, -0.15) is 4.98 Å². The number of nitrogens with zero attached hydrogens (tertiary/aromatic N) is 6. The number of amides is 1. The van der Waals surface area contributed by atoms with Crippen molar-refractivity contribution >= 4 is 29.1 Å². The summed E-state index contributed by atoms with van der Waals surface area (Å²) in [5, 5.41) is 16.3. The van der Waals surface area contributed by atoms with E-state index < -0.39 is 0 Å². The van der Waals surface area contributed by atoms with Crippen LogP contribution < -0.4 is 10.6 Å². The summed E-state index contributed by atoms with van der Waals surface area (Å²) in [7, 11) is 2.10. The summed E-state index contributed by atoms with van der Waals surface area (Å²) in [6.07, 6.45) is 9.63. The molecule has 0 atom stereocenters. The molecule has 6 rings (SSSR count). The third-order valence-corrected chi connectivity index (χ3v) is 8.06. The Bertz CT molecular complexity index is 1710. The van der Waals surface area contributed by atoms with E-state index in [0.29, 0.717) is 35.9 Å². The van der Waals surface area contributed by atoms with Crippen molar-refractivity contribution < 1.29 is 9.90 Å². The third-order valence-electron chi connectivity index (χ3n) is 8.06. The smallest absolute Gasteiger partial charge is 0.251 e. The fourth-order valence-corrected chi connectivity index (χ4v) is 5.38. The van der Waals surface area contributed by atoms with Gasteiger partial charge < -0.3 is 20.6 Å². The fraction of sp³-hybridized carbons (Fsp3) is 0.314. The van der Waals surface area contributed by atoms with Crippen LogP contribution in [-0.2, 0) is 0 Å². The minimum atomic E-state index is -0.267. The highest BCUT2D eigenvalue weighted by molar-refractivity contribution is 5.94. The summed E-state index contributed by atoms with van der Waals surface area (Å²) in [5.41, 5.74) is 5.23. The maximum absolute atomic E-state index is 12.8. The van der Waals surface area contributed by atoms with Gasteiger partial charge in [0.05, 0.1) is 17.4 Å². The monoisotopic (exact) mass is 600 g/mol. The number of carbonyl (C=O) groups excluding carboxylic acids is 1. The molecule has 1 aliphatic carbocycles. The highest BCUT2D eigenvalue weighted by atomic mass is 16.3. The molecule has 228 valence electrons. The van der Waals surface area contributed by atoms with E-state index in [-0.39, 0.29) is 18.1 Å². The van der Waals surface area contributed by atoms with Gasteiger partial charge in [-0.15, -0.1) is 0 Å². The van der Waals surface area contributed by atoms with Gasteiger partial charge in [0.1, 0.15) is 5.69 Å². The predicted octanol–water partition coefficient (Wildman–Crippen LogP) is 4.91. The standard InChI is InChI=1S/C35H36N8O2/c1-43-20-16-28(17-21-43)40-34(45)25-15-19-36-29(22-25)10-7-24-5-8-27(9-6-24)41-35-38-23-31(32-4-2-3-18-37-32)33(42-35)39-26-11-13-30(44)14-12-26/h2-6,8-9,15,18-19,22-23,28,30,44H,11-14,16-17,20-21H2,1H3,(H,40,45)(H,38,41,42). The van der Waals surface area contributed by atoms with Crippen LogP contribution in [-0.4, -0.2) is 73.8 Å². The zero-order valence-corrected chi connectivity index (χ0v) is 25.3. The number of likely N-dealkylation sites (tertiary alicyclic amines) is 1. The number of nitrogens with one attached hydrogen (secondary N) is 2. The molecular weight excluding hydrogens is 564 g/mol. The number of benzene rings is 1. The van der Waals surface area contributed by atoms with Gasteiger partial charge in [-0.3, -0.25) is 9.78 Å². The Hall–Kier alpha value is -4.98. The van der Waals surface area contributed by atoms with Gasteiger partial charge in [-0.25, -0.2) is 15.0 Å². The maximum Gasteiger partial charge on any atom is 0.251 e. The van der Waals surface area contributed by atoms with Crippen LogP contribution in [0.25, 0.3) is 11.3 Å². The van der Waals surface area contributed by atoms with E-state index in [1.165, 1.54) is 0 Å². The van der Waals surface area contributed by atoms with Crippen LogP contribution in [0, 0.1) is 11.8 Å². The molecule has 2 fully saturated rings. The van der Waals surface area contributed by atoms with Crippen LogP contribution in [0.3, 0.4) is 0 Å². The zero-order chi connectivity index (χ0) is 31.0. The minimum absolute atomic E-state index is 0.0900. The van der Waals surface area contributed by atoms with E-state index >= 15 is 0 Å². The summed E-state index contributed by atoms with van der Waals surface area (Å²) in [6.45, 7) is 1.97.